The second-order valence-corrected chi connectivity index (χ2v) is 8.89. The highest BCUT2D eigenvalue weighted by Gasteiger charge is 2.31. The molecule has 0 spiro atoms. The summed E-state index contributed by atoms with van der Waals surface area (Å²) < 4.78 is 27.4. The van der Waals surface area contributed by atoms with Crippen LogP contribution in [0.3, 0.4) is 0 Å². The van der Waals surface area contributed by atoms with E-state index in [1.54, 1.807) is 22.5 Å². The highest BCUT2D eigenvalue weighted by atomic mass is 32.2. The third kappa shape index (κ3) is 4.16. The first-order chi connectivity index (χ1) is 11.2. The van der Waals surface area contributed by atoms with Crippen LogP contribution in [0.15, 0.2) is 29.2 Å². The molecule has 1 aromatic rings. The lowest BCUT2D eigenvalue weighted by Crippen LogP contribution is -2.42. The highest BCUT2D eigenvalue weighted by molar-refractivity contribution is 7.89. The molecule has 1 saturated heterocycles. The minimum atomic E-state index is -3.56. The molecule has 2 rings (SSSR count). The standard InChI is InChI=1S/C18H28N2O3S/c1-13(2)15(4)19-18(21)16-9-7-10-17(12-16)24(22,23)20-11-6-5-8-14(20)3/h7,9-10,12-15H,5-6,8,11H2,1-4H3,(H,19,21). The van der Waals surface area contributed by atoms with Crippen molar-refractivity contribution in [3.63, 3.8) is 0 Å². The Labute approximate surface area is 145 Å². The van der Waals surface area contributed by atoms with E-state index in [-0.39, 0.29) is 22.9 Å². The van der Waals surface area contributed by atoms with Gasteiger partial charge in [-0.2, -0.15) is 4.31 Å². The van der Waals surface area contributed by atoms with E-state index >= 15 is 0 Å². The van der Waals surface area contributed by atoms with E-state index < -0.39 is 10.0 Å². The minimum Gasteiger partial charge on any atom is -0.349 e. The Bertz CT molecular complexity index is 685. The van der Waals surface area contributed by atoms with Crippen LogP contribution in [0.25, 0.3) is 0 Å². The van der Waals surface area contributed by atoms with Crippen molar-refractivity contribution in [3.05, 3.63) is 29.8 Å². The molecule has 1 fully saturated rings. The van der Waals surface area contributed by atoms with Crippen molar-refractivity contribution in [2.24, 2.45) is 5.92 Å². The summed E-state index contributed by atoms with van der Waals surface area (Å²) in [6, 6.07) is 6.37. The zero-order chi connectivity index (χ0) is 17.9. The Morgan fingerprint density at radius 1 is 1.25 bits per heavy atom. The maximum Gasteiger partial charge on any atom is 0.251 e. The third-order valence-electron chi connectivity index (χ3n) is 4.80. The highest BCUT2D eigenvalue weighted by Crippen LogP contribution is 2.25. The number of amides is 1. The molecule has 1 aliphatic heterocycles. The molecule has 24 heavy (non-hydrogen) atoms. The predicted molar refractivity (Wildman–Crippen MR) is 95.4 cm³/mol. The zero-order valence-electron chi connectivity index (χ0n) is 15.0. The van der Waals surface area contributed by atoms with Crippen molar-refractivity contribution in [1.29, 1.82) is 0 Å². The number of hydrogen-bond donors (Lipinski definition) is 1. The molecule has 0 aliphatic carbocycles. The smallest absolute Gasteiger partial charge is 0.251 e. The molecule has 6 heteroatoms. The van der Waals surface area contributed by atoms with Crippen LogP contribution in [-0.4, -0.2) is 37.3 Å². The van der Waals surface area contributed by atoms with E-state index in [2.05, 4.69) is 5.32 Å². The van der Waals surface area contributed by atoms with Crippen molar-refractivity contribution in [1.82, 2.24) is 9.62 Å². The third-order valence-corrected chi connectivity index (χ3v) is 6.81. The van der Waals surface area contributed by atoms with Crippen LogP contribution in [0.2, 0.25) is 0 Å². The monoisotopic (exact) mass is 352 g/mol. The van der Waals surface area contributed by atoms with E-state index in [1.807, 2.05) is 27.7 Å². The molecular weight excluding hydrogens is 324 g/mol. The van der Waals surface area contributed by atoms with Crippen LogP contribution in [0.4, 0.5) is 0 Å². The maximum atomic E-state index is 12.9. The van der Waals surface area contributed by atoms with Gasteiger partial charge >= 0.3 is 0 Å². The first-order valence-electron chi connectivity index (χ1n) is 8.66. The van der Waals surface area contributed by atoms with E-state index in [0.29, 0.717) is 18.0 Å². The summed E-state index contributed by atoms with van der Waals surface area (Å²) in [6.07, 6.45) is 2.82. The van der Waals surface area contributed by atoms with Crippen LogP contribution in [-0.2, 0) is 10.0 Å². The average molecular weight is 353 g/mol. The number of piperidine rings is 1. The van der Waals surface area contributed by atoms with Crippen molar-refractivity contribution < 1.29 is 13.2 Å². The van der Waals surface area contributed by atoms with Crippen molar-refractivity contribution >= 4 is 15.9 Å². The van der Waals surface area contributed by atoms with Gasteiger partial charge in [-0.1, -0.05) is 26.3 Å². The van der Waals surface area contributed by atoms with Crippen molar-refractivity contribution in [2.45, 2.75) is 63.9 Å². The van der Waals surface area contributed by atoms with Gasteiger partial charge in [0.15, 0.2) is 0 Å². The second kappa shape index (κ2) is 7.66. The molecule has 0 aromatic heterocycles. The lowest BCUT2D eigenvalue weighted by molar-refractivity contribution is 0.0930. The molecule has 0 bridgehead atoms. The summed E-state index contributed by atoms with van der Waals surface area (Å²) in [6.45, 7) is 8.49. The normalized spacial score (nSPS) is 20.8. The van der Waals surface area contributed by atoms with Gasteiger partial charge < -0.3 is 5.32 Å². The summed E-state index contributed by atoms with van der Waals surface area (Å²) in [4.78, 5) is 12.6. The van der Waals surface area contributed by atoms with Crippen LogP contribution < -0.4 is 5.32 Å². The number of hydrogen-bond acceptors (Lipinski definition) is 3. The fourth-order valence-corrected chi connectivity index (χ4v) is 4.56. The number of sulfonamides is 1. The Morgan fingerprint density at radius 3 is 2.58 bits per heavy atom. The molecule has 1 amide bonds. The summed E-state index contributed by atoms with van der Waals surface area (Å²) in [5.74, 6) is 0.0787. The molecule has 2 atom stereocenters. The van der Waals surface area contributed by atoms with E-state index in [9.17, 15) is 13.2 Å². The Balaban J connectivity index is 2.24. The number of benzene rings is 1. The average Bonchev–Trinajstić information content (AvgIpc) is 2.55. The molecule has 5 nitrogen and oxygen atoms in total. The van der Waals surface area contributed by atoms with Crippen LogP contribution in [0.5, 0.6) is 0 Å². The van der Waals surface area contributed by atoms with Gasteiger partial charge in [-0.25, -0.2) is 8.42 Å². The maximum absolute atomic E-state index is 12.9. The van der Waals surface area contributed by atoms with Gasteiger partial charge in [-0.05, 0) is 50.8 Å². The summed E-state index contributed by atoms with van der Waals surface area (Å²) in [7, 11) is -3.56. The Morgan fingerprint density at radius 2 is 1.96 bits per heavy atom. The van der Waals surface area contributed by atoms with Gasteiger partial charge in [0.05, 0.1) is 4.90 Å². The molecule has 0 radical (unpaired) electrons. The Kier molecular flexibility index (Phi) is 6.04. The largest absolute Gasteiger partial charge is 0.349 e. The first kappa shape index (κ1) is 18.9. The van der Waals surface area contributed by atoms with Gasteiger partial charge in [0.1, 0.15) is 0 Å². The van der Waals surface area contributed by atoms with E-state index in [1.165, 1.54) is 6.07 Å². The topological polar surface area (TPSA) is 66.5 Å². The fraction of sp³-hybridized carbons (Fsp3) is 0.611. The number of carbonyl (C=O) groups excluding carboxylic acids is 1. The molecule has 1 aliphatic rings. The van der Waals surface area contributed by atoms with Crippen molar-refractivity contribution in [3.8, 4) is 0 Å². The summed E-state index contributed by atoms with van der Waals surface area (Å²) in [5, 5.41) is 2.92. The lowest BCUT2D eigenvalue weighted by Gasteiger charge is -2.32. The van der Waals surface area contributed by atoms with Crippen LogP contribution >= 0.6 is 0 Å². The molecule has 1 aromatic carbocycles. The first-order valence-corrected chi connectivity index (χ1v) is 10.1. The van der Waals surface area contributed by atoms with E-state index in [4.69, 9.17) is 0 Å². The summed E-state index contributed by atoms with van der Waals surface area (Å²) in [5.41, 5.74) is 0.383. The van der Waals surface area contributed by atoms with Gasteiger partial charge in [-0.15, -0.1) is 0 Å². The fourth-order valence-electron chi connectivity index (χ4n) is 2.82. The van der Waals surface area contributed by atoms with Gasteiger partial charge in [-0.3, -0.25) is 4.79 Å². The van der Waals surface area contributed by atoms with Crippen LogP contribution in [0.1, 0.15) is 57.3 Å². The van der Waals surface area contributed by atoms with E-state index in [0.717, 1.165) is 19.3 Å². The zero-order valence-corrected chi connectivity index (χ0v) is 15.8. The molecule has 1 N–H and O–H groups in total. The molecular formula is C18H28N2O3S. The lowest BCUT2D eigenvalue weighted by atomic mass is 10.1. The van der Waals surface area contributed by atoms with Crippen molar-refractivity contribution in [2.75, 3.05) is 6.54 Å². The minimum absolute atomic E-state index is 0.00203. The second-order valence-electron chi connectivity index (χ2n) is 6.99. The van der Waals surface area contributed by atoms with Gasteiger partial charge in [0.25, 0.3) is 5.91 Å². The molecule has 0 saturated carbocycles. The number of nitrogens with zero attached hydrogens (tertiary/aromatic N) is 1. The number of rotatable bonds is 5. The van der Waals surface area contributed by atoms with Crippen LogP contribution in [0, 0.1) is 5.92 Å². The molecule has 1 heterocycles. The quantitative estimate of drug-likeness (QED) is 0.886. The predicted octanol–water partition coefficient (Wildman–Crippen LogP) is 3.02. The molecule has 134 valence electrons. The molecule has 2 unspecified atom stereocenters. The SMILES string of the molecule is CC(C)C(C)NC(=O)c1cccc(S(=O)(=O)N2CCCCC2C)c1. The summed E-state index contributed by atoms with van der Waals surface area (Å²) >= 11 is 0. The van der Waals surface area contributed by atoms with Gasteiger partial charge in [0.2, 0.25) is 10.0 Å². The number of nitrogens with one attached hydrogen (secondary N) is 1. The van der Waals surface area contributed by atoms with Gasteiger partial charge in [0, 0.05) is 24.2 Å². The number of carbonyl (C=O) groups is 1. The Hall–Kier alpha value is -1.40.